The van der Waals surface area contributed by atoms with Gasteiger partial charge in [0.25, 0.3) is 0 Å². The van der Waals surface area contributed by atoms with Crippen molar-refractivity contribution in [2.24, 2.45) is 0 Å². The number of rotatable bonds is 5. The minimum absolute atomic E-state index is 0.255. The van der Waals surface area contributed by atoms with Crippen LogP contribution >= 0.6 is 0 Å². The number of nitrogens with zero attached hydrogens (tertiary/aromatic N) is 1. The fraction of sp³-hybridized carbons (Fsp3) is 1.00. The zero-order chi connectivity index (χ0) is 10.6. The summed E-state index contributed by atoms with van der Waals surface area (Å²) in [4.78, 5) is 2.58. The molecule has 2 aliphatic heterocycles. The first kappa shape index (κ1) is 11.4. The van der Waals surface area contributed by atoms with Crippen LogP contribution in [0, 0.1) is 0 Å². The molecule has 2 fully saturated rings. The summed E-state index contributed by atoms with van der Waals surface area (Å²) in [6.45, 7) is 9.13. The van der Waals surface area contributed by atoms with Gasteiger partial charge in [-0.25, -0.2) is 0 Å². The second-order valence-corrected chi connectivity index (χ2v) is 5.19. The van der Waals surface area contributed by atoms with Crippen LogP contribution in [-0.4, -0.2) is 49.8 Å². The first-order chi connectivity index (χ1) is 7.29. The molecule has 88 valence electrons. The van der Waals surface area contributed by atoms with E-state index in [1.165, 1.54) is 38.9 Å². The molecule has 0 aromatic rings. The van der Waals surface area contributed by atoms with Gasteiger partial charge in [-0.2, -0.15) is 0 Å². The summed E-state index contributed by atoms with van der Waals surface area (Å²) < 4.78 is 5.42. The average Bonchev–Trinajstić information content (AvgIpc) is 2.84. The van der Waals surface area contributed by atoms with Gasteiger partial charge in [0.15, 0.2) is 0 Å². The maximum Gasteiger partial charge on any atom is 0.0646 e. The van der Waals surface area contributed by atoms with Gasteiger partial charge in [-0.3, -0.25) is 0 Å². The highest BCUT2D eigenvalue weighted by molar-refractivity contribution is 4.86. The van der Waals surface area contributed by atoms with E-state index >= 15 is 0 Å². The Kier molecular flexibility index (Phi) is 4.00. The van der Waals surface area contributed by atoms with Crippen molar-refractivity contribution in [3.63, 3.8) is 0 Å². The standard InChI is InChI=1S/C12H24N2O/c1-12(5-10-15-11-12)13-6-4-9-14-7-2-3-8-14/h13H,2-11H2,1H3. The summed E-state index contributed by atoms with van der Waals surface area (Å²) in [5.74, 6) is 0. The van der Waals surface area contributed by atoms with E-state index in [-0.39, 0.29) is 5.54 Å². The molecule has 3 nitrogen and oxygen atoms in total. The lowest BCUT2D eigenvalue weighted by Gasteiger charge is -2.24. The van der Waals surface area contributed by atoms with Crippen LogP contribution in [0.1, 0.15) is 32.6 Å². The molecule has 0 aromatic heterocycles. The summed E-state index contributed by atoms with van der Waals surface area (Å²) in [5, 5.41) is 3.63. The van der Waals surface area contributed by atoms with Crippen LogP contribution in [0.2, 0.25) is 0 Å². The fourth-order valence-electron chi connectivity index (χ4n) is 2.51. The van der Waals surface area contributed by atoms with E-state index in [2.05, 4.69) is 17.1 Å². The van der Waals surface area contributed by atoms with Crippen molar-refractivity contribution in [3.05, 3.63) is 0 Å². The third kappa shape index (κ3) is 3.44. The highest BCUT2D eigenvalue weighted by Crippen LogP contribution is 2.17. The van der Waals surface area contributed by atoms with E-state index in [1.807, 2.05) is 0 Å². The van der Waals surface area contributed by atoms with Gasteiger partial charge in [-0.1, -0.05) is 0 Å². The Morgan fingerprint density at radius 2 is 2.13 bits per heavy atom. The van der Waals surface area contributed by atoms with Gasteiger partial charge < -0.3 is 15.0 Å². The number of hydrogen-bond acceptors (Lipinski definition) is 3. The Hall–Kier alpha value is -0.120. The molecule has 0 aliphatic carbocycles. The lowest BCUT2D eigenvalue weighted by molar-refractivity contribution is 0.171. The van der Waals surface area contributed by atoms with Crippen molar-refractivity contribution < 1.29 is 4.74 Å². The topological polar surface area (TPSA) is 24.5 Å². The van der Waals surface area contributed by atoms with Crippen LogP contribution < -0.4 is 5.32 Å². The van der Waals surface area contributed by atoms with E-state index in [0.29, 0.717) is 0 Å². The third-order valence-electron chi connectivity index (χ3n) is 3.62. The molecule has 3 heteroatoms. The highest BCUT2D eigenvalue weighted by atomic mass is 16.5. The van der Waals surface area contributed by atoms with Gasteiger partial charge in [-0.15, -0.1) is 0 Å². The molecule has 0 radical (unpaired) electrons. The predicted octanol–water partition coefficient (Wildman–Crippen LogP) is 1.24. The second-order valence-electron chi connectivity index (χ2n) is 5.19. The SMILES string of the molecule is CC1(NCCCN2CCCC2)CCOC1. The monoisotopic (exact) mass is 212 g/mol. The molecule has 1 N–H and O–H groups in total. The summed E-state index contributed by atoms with van der Waals surface area (Å²) in [5.41, 5.74) is 0.255. The van der Waals surface area contributed by atoms with E-state index in [1.54, 1.807) is 0 Å². The lowest BCUT2D eigenvalue weighted by Crippen LogP contribution is -2.43. The van der Waals surface area contributed by atoms with E-state index < -0.39 is 0 Å². The van der Waals surface area contributed by atoms with Crippen LogP contribution in [0.15, 0.2) is 0 Å². The minimum atomic E-state index is 0.255. The quantitative estimate of drug-likeness (QED) is 0.694. The zero-order valence-corrected chi connectivity index (χ0v) is 9.93. The van der Waals surface area contributed by atoms with Crippen molar-refractivity contribution >= 4 is 0 Å². The Balaban J connectivity index is 1.54. The van der Waals surface area contributed by atoms with Crippen LogP contribution in [-0.2, 0) is 4.74 Å². The lowest BCUT2D eigenvalue weighted by atomic mass is 10.0. The van der Waals surface area contributed by atoms with Crippen LogP contribution in [0.4, 0.5) is 0 Å². The zero-order valence-electron chi connectivity index (χ0n) is 9.93. The number of hydrogen-bond donors (Lipinski definition) is 1. The van der Waals surface area contributed by atoms with Gasteiger partial charge >= 0.3 is 0 Å². The van der Waals surface area contributed by atoms with Crippen molar-refractivity contribution in [2.45, 2.75) is 38.1 Å². The molecule has 0 aromatic carbocycles. The molecule has 0 bridgehead atoms. The molecule has 2 aliphatic rings. The van der Waals surface area contributed by atoms with Gasteiger partial charge in [0, 0.05) is 12.1 Å². The molecule has 1 unspecified atom stereocenters. The summed E-state index contributed by atoms with van der Waals surface area (Å²) in [6, 6.07) is 0. The molecular formula is C12H24N2O. The van der Waals surface area contributed by atoms with E-state index in [4.69, 9.17) is 4.74 Å². The molecule has 15 heavy (non-hydrogen) atoms. The first-order valence-corrected chi connectivity index (χ1v) is 6.34. The van der Waals surface area contributed by atoms with Gasteiger partial charge in [-0.05, 0) is 58.8 Å². The van der Waals surface area contributed by atoms with Gasteiger partial charge in [0.2, 0.25) is 0 Å². The van der Waals surface area contributed by atoms with E-state index in [0.717, 1.165) is 26.2 Å². The van der Waals surface area contributed by atoms with Crippen LogP contribution in [0.3, 0.4) is 0 Å². The second kappa shape index (κ2) is 5.28. The van der Waals surface area contributed by atoms with Crippen LogP contribution in [0.5, 0.6) is 0 Å². The largest absolute Gasteiger partial charge is 0.379 e. The molecule has 2 rings (SSSR count). The maximum atomic E-state index is 5.42. The Morgan fingerprint density at radius 1 is 1.33 bits per heavy atom. The maximum absolute atomic E-state index is 5.42. The first-order valence-electron chi connectivity index (χ1n) is 6.34. The molecule has 0 amide bonds. The summed E-state index contributed by atoms with van der Waals surface area (Å²) in [7, 11) is 0. The Labute approximate surface area is 93.2 Å². The van der Waals surface area contributed by atoms with Crippen LogP contribution in [0.25, 0.3) is 0 Å². The Morgan fingerprint density at radius 3 is 2.80 bits per heavy atom. The van der Waals surface area contributed by atoms with Crippen molar-refractivity contribution in [1.82, 2.24) is 10.2 Å². The number of nitrogens with one attached hydrogen (secondary N) is 1. The highest BCUT2D eigenvalue weighted by Gasteiger charge is 2.28. The van der Waals surface area contributed by atoms with Crippen molar-refractivity contribution in [1.29, 1.82) is 0 Å². The predicted molar refractivity (Wildman–Crippen MR) is 62.1 cm³/mol. The normalized spacial score (nSPS) is 32.6. The van der Waals surface area contributed by atoms with Gasteiger partial charge in [0.05, 0.1) is 6.61 Å². The summed E-state index contributed by atoms with van der Waals surface area (Å²) in [6.07, 6.45) is 5.24. The smallest absolute Gasteiger partial charge is 0.0646 e. The summed E-state index contributed by atoms with van der Waals surface area (Å²) >= 11 is 0. The average molecular weight is 212 g/mol. The fourth-order valence-corrected chi connectivity index (χ4v) is 2.51. The van der Waals surface area contributed by atoms with E-state index in [9.17, 15) is 0 Å². The molecule has 2 saturated heterocycles. The number of likely N-dealkylation sites (tertiary alicyclic amines) is 1. The third-order valence-corrected chi connectivity index (χ3v) is 3.62. The molecule has 1 atom stereocenters. The van der Waals surface area contributed by atoms with Crippen molar-refractivity contribution in [2.75, 3.05) is 39.4 Å². The number of ether oxygens (including phenoxy) is 1. The van der Waals surface area contributed by atoms with Crippen molar-refractivity contribution in [3.8, 4) is 0 Å². The Bertz CT molecular complexity index is 184. The van der Waals surface area contributed by atoms with Gasteiger partial charge in [0.1, 0.15) is 0 Å². The molecule has 0 spiro atoms. The minimum Gasteiger partial charge on any atom is -0.379 e. The molecule has 0 saturated carbocycles. The molecular weight excluding hydrogens is 188 g/mol. The molecule has 2 heterocycles.